The molecular formula is C26H19NOS. The zero-order chi connectivity index (χ0) is 19.5. The van der Waals surface area contributed by atoms with Crippen LogP contribution in [-0.2, 0) is 5.60 Å². The highest BCUT2D eigenvalue weighted by Crippen LogP contribution is 2.43. The predicted octanol–water partition coefficient (Wildman–Crippen LogP) is 6.67. The summed E-state index contributed by atoms with van der Waals surface area (Å²) < 4.78 is 8.04. The van der Waals surface area contributed by atoms with Gasteiger partial charge in [-0.15, -0.1) is 0 Å². The molecule has 0 spiro atoms. The first-order chi connectivity index (χ1) is 14.4. The van der Waals surface area contributed by atoms with Gasteiger partial charge in [0.05, 0.1) is 10.2 Å². The van der Waals surface area contributed by atoms with Gasteiger partial charge in [0.25, 0.3) is 0 Å². The Labute approximate surface area is 174 Å². The average molecular weight is 394 g/mol. The molecule has 0 aliphatic carbocycles. The van der Waals surface area contributed by atoms with Gasteiger partial charge >= 0.3 is 0 Å². The molecule has 2 nitrogen and oxygen atoms in total. The molecule has 140 valence electrons. The van der Waals surface area contributed by atoms with E-state index in [2.05, 4.69) is 83.8 Å². The maximum absolute atomic E-state index is 6.92. The highest BCUT2D eigenvalue weighted by atomic mass is 32.1. The number of hydrogen-bond donors (Lipinski definition) is 0. The number of hydrogen-bond acceptors (Lipinski definition) is 3. The van der Waals surface area contributed by atoms with Gasteiger partial charge in [-0.2, -0.15) is 0 Å². The number of nitrogens with zero attached hydrogens (tertiary/aromatic N) is 1. The molecule has 0 bridgehead atoms. The summed E-state index contributed by atoms with van der Waals surface area (Å²) in [5.74, 6) is 0. The first-order valence-corrected chi connectivity index (χ1v) is 10.4. The van der Waals surface area contributed by atoms with Gasteiger partial charge in [0.1, 0.15) is 0 Å². The summed E-state index contributed by atoms with van der Waals surface area (Å²) in [6.07, 6.45) is 1.82. The summed E-state index contributed by atoms with van der Waals surface area (Å²) in [4.78, 5) is 4.48. The van der Waals surface area contributed by atoms with Gasteiger partial charge < -0.3 is 4.74 Å². The fraction of sp³-hybridized carbons (Fsp3) is 0.0385. The number of benzene rings is 3. The molecule has 2 heterocycles. The molecule has 29 heavy (non-hydrogen) atoms. The monoisotopic (exact) mass is 393 g/mol. The third kappa shape index (κ3) is 3.20. The third-order valence-corrected chi connectivity index (χ3v) is 6.03. The van der Waals surface area contributed by atoms with Crippen molar-refractivity contribution in [2.24, 2.45) is 0 Å². The largest absolute Gasteiger partial charge is 0.463 e. The second-order valence-corrected chi connectivity index (χ2v) is 7.88. The Morgan fingerprint density at radius 2 is 1.14 bits per heavy atom. The van der Waals surface area contributed by atoms with Crippen LogP contribution in [0.25, 0.3) is 10.2 Å². The van der Waals surface area contributed by atoms with Crippen LogP contribution in [0.15, 0.2) is 115 Å². The Morgan fingerprint density at radius 1 is 0.621 bits per heavy atom. The molecule has 0 saturated heterocycles. The van der Waals surface area contributed by atoms with E-state index < -0.39 is 5.60 Å². The molecule has 0 unspecified atom stereocenters. The highest BCUT2D eigenvalue weighted by Gasteiger charge is 2.39. The summed E-state index contributed by atoms with van der Waals surface area (Å²) in [7, 11) is 0. The number of aromatic nitrogens is 1. The highest BCUT2D eigenvalue weighted by molar-refractivity contribution is 7.20. The summed E-state index contributed by atoms with van der Waals surface area (Å²) >= 11 is 1.62. The van der Waals surface area contributed by atoms with E-state index >= 15 is 0 Å². The normalized spacial score (nSPS) is 11.4. The molecule has 5 rings (SSSR count). The molecular weight excluding hydrogens is 374 g/mol. The van der Waals surface area contributed by atoms with Crippen molar-refractivity contribution in [3.63, 3.8) is 0 Å². The maximum Gasteiger partial charge on any atom is 0.185 e. The van der Waals surface area contributed by atoms with Gasteiger partial charge in [0.15, 0.2) is 10.7 Å². The van der Waals surface area contributed by atoms with Crippen LogP contribution in [0.1, 0.15) is 16.7 Å². The smallest absolute Gasteiger partial charge is 0.185 e. The Kier molecular flexibility index (Phi) is 4.59. The van der Waals surface area contributed by atoms with E-state index in [1.807, 2.05) is 36.5 Å². The lowest BCUT2D eigenvalue weighted by molar-refractivity contribution is 0.161. The first-order valence-electron chi connectivity index (χ1n) is 9.56. The van der Waals surface area contributed by atoms with E-state index in [1.165, 1.54) is 0 Å². The fourth-order valence-corrected chi connectivity index (χ4v) is 4.66. The van der Waals surface area contributed by atoms with Crippen LogP contribution >= 0.6 is 11.3 Å². The van der Waals surface area contributed by atoms with Crippen LogP contribution in [0.5, 0.6) is 5.06 Å². The number of pyridine rings is 1. The van der Waals surface area contributed by atoms with Crippen molar-refractivity contribution >= 4 is 21.6 Å². The first kappa shape index (κ1) is 17.7. The standard InChI is InChI=1S/C26H19NOS/c1-4-11-20(12-5-1)26(21-13-6-2-7-14-21,22-15-8-3-9-16-22)28-25-19-23-24(29-25)17-10-18-27-23/h1-19H. The second kappa shape index (κ2) is 7.53. The van der Waals surface area contributed by atoms with E-state index in [4.69, 9.17) is 4.74 Å². The van der Waals surface area contributed by atoms with Gasteiger partial charge in [-0.1, -0.05) is 102 Å². The zero-order valence-corrected chi connectivity index (χ0v) is 16.5. The van der Waals surface area contributed by atoms with Crippen molar-refractivity contribution < 1.29 is 4.74 Å². The van der Waals surface area contributed by atoms with Crippen LogP contribution in [0.4, 0.5) is 0 Å². The van der Waals surface area contributed by atoms with E-state index in [0.717, 1.165) is 32.0 Å². The summed E-state index contributed by atoms with van der Waals surface area (Å²) in [6, 6.07) is 37.3. The maximum atomic E-state index is 6.92. The van der Waals surface area contributed by atoms with Crippen molar-refractivity contribution in [2.45, 2.75) is 5.60 Å². The zero-order valence-electron chi connectivity index (χ0n) is 15.7. The number of rotatable bonds is 5. The van der Waals surface area contributed by atoms with Gasteiger partial charge in [0, 0.05) is 29.0 Å². The molecule has 0 saturated carbocycles. The van der Waals surface area contributed by atoms with Crippen LogP contribution in [0.2, 0.25) is 0 Å². The predicted molar refractivity (Wildman–Crippen MR) is 119 cm³/mol. The van der Waals surface area contributed by atoms with Crippen LogP contribution in [-0.4, -0.2) is 4.98 Å². The Hall–Kier alpha value is -3.43. The second-order valence-electron chi connectivity index (χ2n) is 6.83. The summed E-state index contributed by atoms with van der Waals surface area (Å²) in [5, 5.41) is 0.843. The lowest BCUT2D eigenvalue weighted by atomic mass is 9.80. The molecule has 0 fully saturated rings. The molecule has 2 aromatic heterocycles. The fourth-order valence-electron chi connectivity index (χ4n) is 3.74. The Balaban J connectivity index is 1.77. The minimum atomic E-state index is -0.759. The summed E-state index contributed by atoms with van der Waals surface area (Å²) in [6.45, 7) is 0. The Bertz CT molecular complexity index is 1090. The van der Waals surface area contributed by atoms with Crippen molar-refractivity contribution in [3.8, 4) is 5.06 Å². The molecule has 3 heteroatoms. The van der Waals surface area contributed by atoms with Crippen LogP contribution in [0, 0.1) is 0 Å². The lowest BCUT2D eigenvalue weighted by Gasteiger charge is -2.35. The van der Waals surface area contributed by atoms with E-state index in [-0.39, 0.29) is 0 Å². The quantitative estimate of drug-likeness (QED) is 0.311. The molecule has 0 aliphatic rings. The SMILES string of the molecule is c1ccc(C(Oc2cc3ncccc3s2)(c2ccccc2)c2ccccc2)cc1. The van der Waals surface area contributed by atoms with Gasteiger partial charge in [-0.05, 0) is 12.1 Å². The van der Waals surface area contributed by atoms with Gasteiger partial charge in [-0.25, -0.2) is 0 Å². The van der Waals surface area contributed by atoms with Crippen LogP contribution in [0.3, 0.4) is 0 Å². The molecule has 0 amide bonds. The molecule has 0 aliphatic heterocycles. The molecule has 5 aromatic rings. The average Bonchev–Trinajstić information content (AvgIpc) is 3.22. The Morgan fingerprint density at radius 3 is 1.62 bits per heavy atom. The minimum Gasteiger partial charge on any atom is -0.463 e. The van der Waals surface area contributed by atoms with E-state index in [9.17, 15) is 0 Å². The minimum absolute atomic E-state index is 0.759. The topological polar surface area (TPSA) is 22.1 Å². The molecule has 0 N–H and O–H groups in total. The van der Waals surface area contributed by atoms with Gasteiger partial charge in [-0.3, -0.25) is 4.98 Å². The number of thiophene rings is 1. The van der Waals surface area contributed by atoms with Crippen molar-refractivity contribution in [2.75, 3.05) is 0 Å². The van der Waals surface area contributed by atoms with Crippen LogP contribution < -0.4 is 4.74 Å². The van der Waals surface area contributed by atoms with Crippen molar-refractivity contribution in [1.29, 1.82) is 0 Å². The van der Waals surface area contributed by atoms with Gasteiger partial charge in [0.2, 0.25) is 0 Å². The molecule has 0 atom stereocenters. The number of ether oxygens (including phenoxy) is 1. The van der Waals surface area contributed by atoms with Crippen molar-refractivity contribution in [1.82, 2.24) is 4.98 Å². The van der Waals surface area contributed by atoms with E-state index in [0.29, 0.717) is 0 Å². The van der Waals surface area contributed by atoms with E-state index in [1.54, 1.807) is 11.3 Å². The number of fused-ring (bicyclic) bond motifs is 1. The molecule has 3 aromatic carbocycles. The molecule has 0 radical (unpaired) electrons. The van der Waals surface area contributed by atoms with Crippen molar-refractivity contribution in [3.05, 3.63) is 132 Å². The lowest BCUT2D eigenvalue weighted by Crippen LogP contribution is -2.35. The summed E-state index contributed by atoms with van der Waals surface area (Å²) in [5.41, 5.74) is 3.45. The third-order valence-electron chi connectivity index (χ3n) is 5.06.